The fraction of sp³-hybridized carbons (Fsp3) is 0.667. The molecule has 1 rings (SSSR count). The van der Waals surface area contributed by atoms with E-state index in [0.29, 0.717) is 32.5 Å². The molecule has 2 N–H and O–H groups in total. The molecule has 0 unspecified atom stereocenters. The number of carbonyl (C=O) groups is 2. The molecule has 2 amide bonds. The van der Waals surface area contributed by atoms with Crippen LogP contribution in [0.4, 0.5) is 0 Å². The molecular formula is C15H24N4O4. The highest BCUT2D eigenvalue weighted by atomic mass is 16.7. The highest BCUT2D eigenvalue weighted by Gasteiger charge is 2.19. The molecule has 0 aromatic carbocycles. The lowest BCUT2D eigenvalue weighted by Crippen LogP contribution is -2.32. The van der Waals surface area contributed by atoms with E-state index in [9.17, 15) is 9.59 Å². The molecule has 0 saturated carbocycles. The maximum atomic E-state index is 11.9. The van der Waals surface area contributed by atoms with Gasteiger partial charge in [-0.15, -0.1) is 0 Å². The highest BCUT2D eigenvalue weighted by molar-refractivity contribution is 5.97. The molecule has 1 saturated heterocycles. The summed E-state index contributed by atoms with van der Waals surface area (Å²) in [6.07, 6.45) is 3.07. The zero-order valence-electron chi connectivity index (χ0n) is 13.6. The van der Waals surface area contributed by atoms with E-state index in [1.165, 1.54) is 20.4 Å². The predicted octanol–water partition coefficient (Wildman–Crippen LogP) is -0.269. The first kappa shape index (κ1) is 18.9. The van der Waals surface area contributed by atoms with Gasteiger partial charge in [0.2, 0.25) is 5.91 Å². The van der Waals surface area contributed by atoms with Crippen molar-refractivity contribution in [3.63, 3.8) is 0 Å². The molecule has 8 nitrogen and oxygen atoms in total. The number of nitrogens with one attached hydrogen (secondary N) is 2. The summed E-state index contributed by atoms with van der Waals surface area (Å²) in [6.45, 7) is 2.16. The van der Waals surface area contributed by atoms with E-state index in [-0.39, 0.29) is 11.5 Å². The molecule has 1 aliphatic rings. The van der Waals surface area contributed by atoms with Crippen LogP contribution < -0.4 is 10.6 Å². The number of likely N-dealkylation sites (tertiary alicyclic amines) is 1. The molecule has 1 aliphatic heterocycles. The Labute approximate surface area is 136 Å². The Morgan fingerprint density at radius 1 is 1.48 bits per heavy atom. The summed E-state index contributed by atoms with van der Waals surface area (Å²) in [5, 5.41) is 14.5. The van der Waals surface area contributed by atoms with Crippen LogP contribution in [-0.4, -0.2) is 63.4 Å². The van der Waals surface area contributed by atoms with Crippen LogP contribution in [0.25, 0.3) is 0 Å². The van der Waals surface area contributed by atoms with Crippen LogP contribution in [0.2, 0.25) is 0 Å². The summed E-state index contributed by atoms with van der Waals surface area (Å²) in [5.74, 6) is -0.275. The van der Waals surface area contributed by atoms with E-state index in [0.717, 1.165) is 13.0 Å². The van der Waals surface area contributed by atoms with E-state index in [1.807, 2.05) is 6.07 Å². The molecular weight excluding hydrogens is 300 g/mol. The van der Waals surface area contributed by atoms with E-state index in [1.54, 1.807) is 4.90 Å². The lowest BCUT2D eigenvalue weighted by atomic mass is 10.3. The summed E-state index contributed by atoms with van der Waals surface area (Å²) in [6, 6.07) is 1.84. The molecule has 0 bridgehead atoms. The van der Waals surface area contributed by atoms with Gasteiger partial charge in [0.1, 0.15) is 11.6 Å². The van der Waals surface area contributed by atoms with E-state index >= 15 is 0 Å². The third kappa shape index (κ3) is 6.67. The Morgan fingerprint density at radius 2 is 2.22 bits per heavy atom. The standard InChI is InChI=1S/C15H24N4O4/c1-22-14(23-2)11-17-10-12(9-16)15(21)18-6-4-8-19-7-3-5-13(19)20/h10,14,17H,3-8,11H2,1-2H3,(H,18,21)/b12-10-. The van der Waals surface area contributed by atoms with Gasteiger partial charge in [0.05, 0.1) is 6.54 Å². The summed E-state index contributed by atoms with van der Waals surface area (Å²) in [7, 11) is 3.01. The first-order valence-corrected chi connectivity index (χ1v) is 7.57. The van der Waals surface area contributed by atoms with Crippen LogP contribution in [0.5, 0.6) is 0 Å². The van der Waals surface area contributed by atoms with Gasteiger partial charge >= 0.3 is 0 Å². The Bertz CT molecular complexity index is 469. The minimum Gasteiger partial charge on any atom is -0.385 e. The van der Waals surface area contributed by atoms with Crippen molar-refractivity contribution in [2.24, 2.45) is 0 Å². The monoisotopic (exact) mass is 324 g/mol. The SMILES string of the molecule is COC(CN/C=C(/C#N)C(=O)NCCCN1CCCC1=O)OC. The van der Waals surface area contributed by atoms with Crippen LogP contribution >= 0.6 is 0 Å². The number of ether oxygens (including phenoxy) is 2. The summed E-state index contributed by atoms with van der Waals surface area (Å²) in [4.78, 5) is 25.1. The maximum Gasteiger partial charge on any atom is 0.263 e. The summed E-state index contributed by atoms with van der Waals surface area (Å²) < 4.78 is 9.97. The number of carbonyl (C=O) groups excluding carboxylic acids is 2. The van der Waals surface area contributed by atoms with Gasteiger partial charge in [0.25, 0.3) is 5.91 Å². The van der Waals surface area contributed by atoms with Crippen LogP contribution in [0.15, 0.2) is 11.8 Å². The number of nitrogens with zero attached hydrogens (tertiary/aromatic N) is 2. The van der Waals surface area contributed by atoms with Gasteiger partial charge in [-0.2, -0.15) is 5.26 Å². The van der Waals surface area contributed by atoms with Crippen molar-refractivity contribution in [1.82, 2.24) is 15.5 Å². The fourth-order valence-electron chi connectivity index (χ4n) is 2.18. The number of methoxy groups -OCH3 is 2. The molecule has 0 radical (unpaired) electrons. The van der Waals surface area contributed by atoms with Crippen molar-refractivity contribution in [1.29, 1.82) is 5.26 Å². The molecule has 23 heavy (non-hydrogen) atoms. The third-order valence-corrected chi connectivity index (χ3v) is 3.48. The molecule has 1 fully saturated rings. The largest absolute Gasteiger partial charge is 0.385 e. The summed E-state index contributed by atoms with van der Waals surface area (Å²) in [5.41, 5.74) is -0.0202. The maximum absolute atomic E-state index is 11.9. The Balaban J connectivity index is 2.27. The molecule has 0 aromatic heterocycles. The van der Waals surface area contributed by atoms with E-state index < -0.39 is 12.2 Å². The first-order chi connectivity index (χ1) is 11.1. The van der Waals surface area contributed by atoms with E-state index in [2.05, 4.69) is 10.6 Å². The Kier molecular flexibility index (Phi) is 8.72. The molecule has 0 aromatic rings. The molecule has 0 atom stereocenters. The van der Waals surface area contributed by atoms with Crippen LogP contribution in [-0.2, 0) is 19.1 Å². The smallest absolute Gasteiger partial charge is 0.263 e. The van der Waals surface area contributed by atoms with Gasteiger partial charge in [-0.3, -0.25) is 9.59 Å². The van der Waals surface area contributed by atoms with Gasteiger partial charge in [-0.05, 0) is 12.8 Å². The Hall–Kier alpha value is -2.11. The normalized spacial score (nSPS) is 15.0. The number of nitriles is 1. The fourth-order valence-corrected chi connectivity index (χ4v) is 2.18. The first-order valence-electron chi connectivity index (χ1n) is 7.57. The lowest BCUT2D eigenvalue weighted by molar-refractivity contribution is -0.127. The van der Waals surface area contributed by atoms with Crippen LogP contribution in [0.1, 0.15) is 19.3 Å². The van der Waals surface area contributed by atoms with E-state index in [4.69, 9.17) is 14.7 Å². The Morgan fingerprint density at radius 3 is 2.78 bits per heavy atom. The molecule has 0 aliphatic carbocycles. The van der Waals surface area contributed by atoms with Crippen molar-refractivity contribution in [3.05, 3.63) is 11.8 Å². The van der Waals surface area contributed by atoms with Gasteiger partial charge in [-0.25, -0.2) is 0 Å². The molecule has 0 spiro atoms. The average molecular weight is 324 g/mol. The highest BCUT2D eigenvalue weighted by Crippen LogP contribution is 2.09. The van der Waals surface area contributed by atoms with Gasteiger partial charge < -0.3 is 25.0 Å². The van der Waals surface area contributed by atoms with Gasteiger partial charge in [0, 0.05) is 46.5 Å². The van der Waals surface area contributed by atoms with Crippen molar-refractivity contribution < 1.29 is 19.1 Å². The van der Waals surface area contributed by atoms with Crippen molar-refractivity contribution in [3.8, 4) is 6.07 Å². The minimum atomic E-state index is -0.452. The molecule has 8 heteroatoms. The predicted molar refractivity (Wildman–Crippen MR) is 82.9 cm³/mol. The third-order valence-electron chi connectivity index (χ3n) is 3.48. The second-order valence-electron chi connectivity index (χ2n) is 5.07. The second kappa shape index (κ2) is 10.6. The molecule has 1 heterocycles. The number of rotatable bonds is 10. The zero-order chi connectivity index (χ0) is 17.1. The second-order valence-corrected chi connectivity index (χ2v) is 5.07. The number of hydrogen-bond acceptors (Lipinski definition) is 6. The number of amides is 2. The topological polar surface area (TPSA) is 104 Å². The minimum absolute atomic E-state index is 0.0202. The summed E-state index contributed by atoms with van der Waals surface area (Å²) >= 11 is 0. The van der Waals surface area contributed by atoms with Gasteiger partial charge in [-0.1, -0.05) is 0 Å². The van der Waals surface area contributed by atoms with Crippen molar-refractivity contribution in [2.75, 3.05) is 40.4 Å². The van der Waals surface area contributed by atoms with Crippen LogP contribution in [0.3, 0.4) is 0 Å². The zero-order valence-corrected chi connectivity index (χ0v) is 13.6. The molecule has 128 valence electrons. The lowest BCUT2D eigenvalue weighted by Gasteiger charge is -2.15. The quantitative estimate of drug-likeness (QED) is 0.248. The van der Waals surface area contributed by atoms with Crippen LogP contribution in [0, 0.1) is 11.3 Å². The van der Waals surface area contributed by atoms with Crippen molar-refractivity contribution >= 4 is 11.8 Å². The average Bonchev–Trinajstić information content (AvgIpc) is 2.97. The number of hydrogen-bond donors (Lipinski definition) is 2. The van der Waals surface area contributed by atoms with Gasteiger partial charge in [0.15, 0.2) is 6.29 Å². The van der Waals surface area contributed by atoms with Crippen molar-refractivity contribution in [2.45, 2.75) is 25.6 Å².